The van der Waals surface area contributed by atoms with Crippen molar-refractivity contribution in [1.29, 1.82) is 0 Å². The molecule has 0 saturated carbocycles. The summed E-state index contributed by atoms with van der Waals surface area (Å²) in [5.41, 5.74) is 3.47. The van der Waals surface area contributed by atoms with Crippen molar-refractivity contribution in [2.45, 2.75) is 32.4 Å². The van der Waals surface area contributed by atoms with E-state index in [1.807, 2.05) is 24.4 Å². The lowest BCUT2D eigenvalue weighted by atomic mass is 9.75. The number of pyridine rings is 1. The number of sulfonamides is 1. The highest BCUT2D eigenvalue weighted by Gasteiger charge is 2.43. The fourth-order valence-electron chi connectivity index (χ4n) is 4.64. The molecule has 0 radical (unpaired) electrons. The smallest absolute Gasteiger partial charge is 0.122 e. The van der Waals surface area contributed by atoms with Crippen LogP contribution < -0.4 is 0 Å². The molecular formula is C21H27N3O2S. The van der Waals surface area contributed by atoms with Crippen LogP contribution in [-0.2, 0) is 34.1 Å². The number of likely N-dealkylation sites (tertiary alicyclic amines) is 1. The Morgan fingerprint density at radius 2 is 1.93 bits per heavy atom. The molecule has 3 heterocycles. The summed E-state index contributed by atoms with van der Waals surface area (Å²) < 4.78 is 26.6. The van der Waals surface area contributed by atoms with Crippen molar-refractivity contribution in [1.82, 2.24) is 14.2 Å². The van der Waals surface area contributed by atoms with Crippen molar-refractivity contribution in [3.63, 3.8) is 0 Å². The molecule has 144 valence electrons. The summed E-state index contributed by atoms with van der Waals surface area (Å²) in [7, 11) is -3.24. The van der Waals surface area contributed by atoms with E-state index in [4.69, 9.17) is 0 Å². The number of nitrogens with zero attached hydrogens (tertiary/aromatic N) is 3. The van der Waals surface area contributed by atoms with Gasteiger partial charge in [-0.3, -0.25) is 9.88 Å². The third-order valence-electron chi connectivity index (χ3n) is 5.86. The van der Waals surface area contributed by atoms with Gasteiger partial charge in [0.2, 0.25) is 0 Å². The summed E-state index contributed by atoms with van der Waals surface area (Å²) in [5, 5.41) is 0. The molecule has 6 heteroatoms. The van der Waals surface area contributed by atoms with Gasteiger partial charge in [-0.05, 0) is 49.1 Å². The van der Waals surface area contributed by atoms with Crippen LogP contribution in [0.1, 0.15) is 29.7 Å². The van der Waals surface area contributed by atoms with Gasteiger partial charge in [0.15, 0.2) is 0 Å². The summed E-state index contributed by atoms with van der Waals surface area (Å²) in [6.07, 6.45) is 6.26. The first kappa shape index (κ1) is 18.7. The van der Waals surface area contributed by atoms with Crippen LogP contribution in [0.25, 0.3) is 0 Å². The zero-order valence-corrected chi connectivity index (χ0v) is 16.7. The van der Waals surface area contributed by atoms with Crippen molar-refractivity contribution >= 4 is 10.4 Å². The van der Waals surface area contributed by atoms with Crippen molar-refractivity contribution in [3.05, 3.63) is 65.5 Å². The van der Waals surface area contributed by atoms with E-state index in [1.165, 1.54) is 11.8 Å². The van der Waals surface area contributed by atoms with Crippen molar-refractivity contribution in [2.75, 3.05) is 25.9 Å². The molecule has 2 aliphatic heterocycles. The zero-order valence-electron chi connectivity index (χ0n) is 15.8. The third kappa shape index (κ3) is 4.29. The molecule has 0 aliphatic carbocycles. The molecule has 2 unspecified atom stereocenters. The molecule has 1 spiro atoms. The van der Waals surface area contributed by atoms with Gasteiger partial charge in [-0.1, -0.05) is 34.5 Å². The first-order valence-electron chi connectivity index (χ1n) is 9.58. The molecule has 0 amide bonds. The first-order valence-corrected chi connectivity index (χ1v) is 11.4. The molecule has 1 fully saturated rings. The molecule has 27 heavy (non-hydrogen) atoms. The topological polar surface area (TPSA) is 59.5 Å². The van der Waals surface area contributed by atoms with E-state index in [1.54, 1.807) is 4.31 Å². The molecule has 0 N–H and O–H groups in total. The van der Waals surface area contributed by atoms with Crippen molar-refractivity contribution < 1.29 is 8.76 Å². The van der Waals surface area contributed by atoms with Crippen molar-refractivity contribution in [3.8, 4) is 0 Å². The zero-order chi connectivity index (χ0) is 18.9. The monoisotopic (exact) mass is 385 g/mol. The van der Waals surface area contributed by atoms with Crippen LogP contribution in [0.3, 0.4) is 0 Å². The highest BCUT2D eigenvalue weighted by molar-refractivity contribution is 7.94. The van der Waals surface area contributed by atoms with Crippen LogP contribution in [0.5, 0.6) is 0 Å². The van der Waals surface area contributed by atoms with Gasteiger partial charge in [0.05, 0.1) is 18.8 Å². The van der Waals surface area contributed by atoms with Crippen LogP contribution in [0, 0.1) is 5.41 Å². The molecule has 1 aromatic heterocycles. The van der Waals surface area contributed by atoms with Gasteiger partial charge in [0.1, 0.15) is 16.7 Å². The van der Waals surface area contributed by atoms with E-state index in [9.17, 15) is 8.76 Å². The van der Waals surface area contributed by atoms with Crippen LogP contribution in [0.4, 0.5) is 0 Å². The van der Waals surface area contributed by atoms with Crippen LogP contribution in [0.2, 0.25) is 0 Å². The van der Waals surface area contributed by atoms with Gasteiger partial charge in [-0.15, -0.1) is 4.31 Å². The number of hydrogen-bond donors (Lipinski definition) is 0. The number of rotatable bonds is 3. The van der Waals surface area contributed by atoms with Gasteiger partial charge in [-0.2, -0.15) is 0 Å². The molecule has 1 saturated heterocycles. The van der Waals surface area contributed by atoms with Gasteiger partial charge in [-0.25, -0.2) is 0 Å². The maximum absolute atomic E-state index is 12.4. The highest BCUT2D eigenvalue weighted by Crippen LogP contribution is 2.39. The summed E-state index contributed by atoms with van der Waals surface area (Å²) >= 11 is 0. The highest BCUT2D eigenvalue weighted by atomic mass is 32.3. The van der Waals surface area contributed by atoms with Crippen LogP contribution >= 0.6 is 0 Å². The maximum Gasteiger partial charge on any atom is 0.122 e. The third-order valence-corrected chi connectivity index (χ3v) is 7.06. The number of benzene rings is 1. The standard InChI is InChI=1S/C21H27N3O2S/c1-27(25,26)24-14-19-8-3-2-7-18(19)13-21(17-24)10-6-12-23(16-21)15-20-9-4-5-11-22-20/h2-5,7-9,11H,6,10,12-17H2,1H3. The Morgan fingerprint density at radius 1 is 1.15 bits per heavy atom. The maximum atomic E-state index is 12.4. The Hall–Kier alpha value is -1.60. The minimum Gasteiger partial charge on any atom is -0.598 e. The van der Waals surface area contributed by atoms with Gasteiger partial charge in [0, 0.05) is 24.7 Å². The van der Waals surface area contributed by atoms with Gasteiger partial charge >= 0.3 is 0 Å². The number of hydrogen-bond acceptors (Lipinski definition) is 4. The average Bonchev–Trinajstić information content (AvgIpc) is 2.79. The number of piperidine rings is 1. The van der Waals surface area contributed by atoms with E-state index in [0.29, 0.717) is 13.1 Å². The Labute approximate surface area is 162 Å². The van der Waals surface area contributed by atoms with Gasteiger partial charge in [0.25, 0.3) is 0 Å². The SMILES string of the molecule is C[S+](=O)([O-])N1Cc2ccccc2CC2(CCCN(Cc3ccccn3)C2)C1. The quantitative estimate of drug-likeness (QED) is 0.763. The van der Waals surface area contributed by atoms with E-state index in [0.717, 1.165) is 50.2 Å². The summed E-state index contributed by atoms with van der Waals surface area (Å²) in [4.78, 5) is 6.91. The molecule has 2 aliphatic rings. The lowest BCUT2D eigenvalue weighted by Gasteiger charge is -2.44. The summed E-state index contributed by atoms with van der Waals surface area (Å²) in [6.45, 7) is 3.85. The molecule has 4 rings (SSSR count). The number of aromatic nitrogens is 1. The van der Waals surface area contributed by atoms with E-state index >= 15 is 0 Å². The Kier molecular flexibility index (Phi) is 5.16. The first-order chi connectivity index (χ1) is 12.9. The molecule has 1 aromatic carbocycles. The summed E-state index contributed by atoms with van der Waals surface area (Å²) in [6, 6.07) is 14.3. The van der Waals surface area contributed by atoms with Gasteiger partial charge < -0.3 is 4.55 Å². The fraction of sp³-hybridized carbons (Fsp3) is 0.476. The lowest BCUT2D eigenvalue weighted by molar-refractivity contribution is 0.0651. The van der Waals surface area contributed by atoms with Crippen LogP contribution in [0.15, 0.2) is 48.7 Å². The molecule has 2 atom stereocenters. The Bertz CT molecular complexity index is 838. The summed E-state index contributed by atoms with van der Waals surface area (Å²) in [5.74, 6) is 0. The predicted octanol–water partition coefficient (Wildman–Crippen LogP) is 2.90. The predicted molar refractivity (Wildman–Crippen MR) is 106 cm³/mol. The minimum absolute atomic E-state index is 0.0390. The number of fused-ring (bicyclic) bond motifs is 1. The Morgan fingerprint density at radius 3 is 2.67 bits per heavy atom. The van der Waals surface area contributed by atoms with Crippen LogP contribution in [-0.4, -0.2) is 44.6 Å². The second kappa shape index (κ2) is 7.43. The minimum atomic E-state index is -3.24. The second-order valence-electron chi connectivity index (χ2n) is 8.11. The van der Waals surface area contributed by atoms with E-state index in [2.05, 4.69) is 34.1 Å². The Balaban J connectivity index is 1.62. The molecule has 2 aromatic rings. The van der Waals surface area contributed by atoms with Crippen molar-refractivity contribution in [2.24, 2.45) is 5.41 Å². The molecular weight excluding hydrogens is 358 g/mol. The lowest BCUT2D eigenvalue weighted by Crippen LogP contribution is -2.51. The second-order valence-corrected chi connectivity index (χ2v) is 10.1. The molecule has 5 nitrogen and oxygen atoms in total. The van der Waals surface area contributed by atoms with E-state index < -0.39 is 10.4 Å². The average molecular weight is 386 g/mol. The fourth-order valence-corrected chi connectivity index (χ4v) is 5.52. The molecule has 0 bridgehead atoms. The largest absolute Gasteiger partial charge is 0.598 e. The normalized spacial score (nSPS) is 26.3. The van der Waals surface area contributed by atoms with E-state index in [-0.39, 0.29) is 5.41 Å².